The highest BCUT2D eigenvalue weighted by Crippen LogP contribution is 2.28. The molecule has 19 heavy (non-hydrogen) atoms. The Labute approximate surface area is 112 Å². The summed E-state index contributed by atoms with van der Waals surface area (Å²) in [5.74, 6) is 5.74. The van der Waals surface area contributed by atoms with Crippen molar-refractivity contribution < 1.29 is 4.74 Å². The summed E-state index contributed by atoms with van der Waals surface area (Å²) in [6.45, 7) is 0.871. The van der Waals surface area contributed by atoms with Crippen LogP contribution in [-0.2, 0) is 4.74 Å². The molecular weight excluding hydrogens is 238 g/mol. The van der Waals surface area contributed by atoms with Gasteiger partial charge in [-0.15, -0.1) is 0 Å². The number of nitrogens with zero attached hydrogens (tertiary/aromatic N) is 1. The maximum absolute atomic E-state index is 5.74. The van der Waals surface area contributed by atoms with Gasteiger partial charge in [-0.1, -0.05) is 24.3 Å². The van der Waals surface area contributed by atoms with E-state index >= 15 is 0 Å². The van der Waals surface area contributed by atoms with Gasteiger partial charge in [0.05, 0.1) is 17.7 Å². The predicted molar refractivity (Wildman–Crippen MR) is 75.4 cm³/mol. The predicted octanol–water partition coefficient (Wildman–Crippen LogP) is 2.31. The smallest absolute Gasteiger partial charge is 0.0750 e. The highest BCUT2D eigenvalue weighted by Gasteiger charge is 2.22. The number of nitrogens with one attached hydrogen (secondary N) is 1. The summed E-state index contributed by atoms with van der Waals surface area (Å²) < 4.78 is 5.70. The van der Waals surface area contributed by atoms with Gasteiger partial charge in [-0.05, 0) is 30.9 Å². The molecule has 0 saturated carbocycles. The maximum atomic E-state index is 5.74. The Bertz CT molecular complexity index is 547. The summed E-state index contributed by atoms with van der Waals surface area (Å²) in [6.07, 6.45) is 5.30. The molecule has 0 amide bonds. The number of rotatable bonds is 4. The number of fused-ring (bicyclic) bond motifs is 1. The molecule has 0 bridgehead atoms. The normalized spacial score (nSPS) is 20.8. The molecule has 1 aliphatic rings. The van der Waals surface area contributed by atoms with Gasteiger partial charge in [0.2, 0.25) is 0 Å². The van der Waals surface area contributed by atoms with Crippen LogP contribution in [-0.4, -0.2) is 17.7 Å². The highest BCUT2D eigenvalue weighted by atomic mass is 16.5. The monoisotopic (exact) mass is 257 g/mol. The zero-order valence-electron chi connectivity index (χ0n) is 10.9. The van der Waals surface area contributed by atoms with Crippen LogP contribution in [0.5, 0.6) is 0 Å². The number of hydrazine groups is 1. The number of para-hydroxylation sites is 1. The molecule has 3 rings (SSSR count). The third kappa shape index (κ3) is 2.61. The van der Waals surface area contributed by atoms with E-state index in [-0.39, 0.29) is 6.04 Å². The Hall–Kier alpha value is -1.49. The van der Waals surface area contributed by atoms with Crippen LogP contribution < -0.4 is 11.3 Å². The first-order valence-electron chi connectivity index (χ1n) is 6.80. The molecule has 1 fully saturated rings. The standard InChI is InChI=1S/C15H19N3O/c16-18-14(10-12-6-3-9-19-12)13-7-1-4-11-5-2-8-17-15(11)13/h1-2,4-5,7-8,12,14,18H,3,6,9-10,16H2. The van der Waals surface area contributed by atoms with E-state index in [2.05, 4.69) is 34.7 Å². The second-order valence-electron chi connectivity index (χ2n) is 5.01. The van der Waals surface area contributed by atoms with Gasteiger partial charge in [0, 0.05) is 18.2 Å². The van der Waals surface area contributed by atoms with E-state index in [0.29, 0.717) is 6.10 Å². The fourth-order valence-electron chi connectivity index (χ4n) is 2.79. The van der Waals surface area contributed by atoms with Crippen LogP contribution in [0.2, 0.25) is 0 Å². The van der Waals surface area contributed by atoms with E-state index in [9.17, 15) is 0 Å². The SMILES string of the molecule is NNC(CC1CCCO1)c1cccc2cccnc12. The average molecular weight is 257 g/mol. The number of hydrogen-bond donors (Lipinski definition) is 2. The molecule has 100 valence electrons. The lowest BCUT2D eigenvalue weighted by molar-refractivity contribution is 0.0947. The minimum Gasteiger partial charge on any atom is -0.378 e. The van der Waals surface area contributed by atoms with Crippen LogP contribution >= 0.6 is 0 Å². The summed E-state index contributed by atoms with van der Waals surface area (Å²) in [4.78, 5) is 4.49. The Morgan fingerprint density at radius 1 is 1.37 bits per heavy atom. The second-order valence-corrected chi connectivity index (χ2v) is 5.01. The van der Waals surface area contributed by atoms with Crippen LogP contribution in [0.3, 0.4) is 0 Å². The molecule has 4 heteroatoms. The Morgan fingerprint density at radius 3 is 3.05 bits per heavy atom. The Balaban J connectivity index is 1.91. The van der Waals surface area contributed by atoms with E-state index in [1.165, 1.54) is 0 Å². The van der Waals surface area contributed by atoms with E-state index < -0.39 is 0 Å². The Kier molecular flexibility index (Phi) is 3.73. The Morgan fingerprint density at radius 2 is 2.26 bits per heavy atom. The third-order valence-corrected chi connectivity index (χ3v) is 3.76. The quantitative estimate of drug-likeness (QED) is 0.652. The minimum atomic E-state index is 0.0849. The highest BCUT2D eigenvalue weighted by molar-refractivity contribution is 5.81. The van der Waals surface area contributed by atoms with Crippen LogP contribution in [0.15, 0.2) is 36.5 Å². The van der Waals surface area contributed by atoms with Crippen molar-refractivity contribution in [1.29, 1.82) is 0 Å². The summed E-state index contributed by atoms with van der Waals surface area (Å²) in [6, 6.07) is 10.3. The molecule has 3 N–H and O–H groups in total. The second kappa shape index (κ2) is 5.65. The van der Waals surface area contributed by atoms with E-state index in [1.807, 2.05) is 12.3 Å². The molecule has 1 aromatic carbocycles. The topological polar surface area (TPSA) is 60.2 Å². The van der Waals surface area contributed by atoms with Crippen molar-refractivity contribution in [2.75, 3.05) is 6.61 Å². The van der Waals surface area contributed by atoms with Gasteiger partial charge in [0.25, 0.3) is 0 Å². The van der Waals surface area contributed by atoms with Crippen molar-refractivity contribution in [3.05, 3.63) is 42.1 Å². The molecule has 0 radical (unpaired) electrons. The molecule has 0 aliphatic carbocycles. The van der Waals surface area contributed by atoms with Gasteiger partial charge in [0.1, 0.15) is 0 Å². The lowest BCUT2D eigenvalue weighted by Gasteiger charge is -2.21. The van der Waals surface area contributed by atoms with Gasteiger partial charge in [0.15, 0.2) is 0 Å². The van der Waals surface area contributed by atoms with Gasteiger partial charge in [-0.25, -0.2) is 0 Å². The molecular formula is C15H19N3O. The lowest BCUT2D eigenvalue weighted by Crippen LogP contribution is -2.31. The van der Waals surface area contributed by atoms with Crippen molar-refractivity contribution in [3.8, 4) is 0 Å². The number of hydrogen-bond acceptors (Lipinski definition) is 4. The van der Waals surface area contributed by atoms with Crippen LogP contribution in [0.1, 0.15) is 30.9 Å². The zero-order valence-corrected chi connectivity index (χ0v) is 10.9. The fourth-order valence-corrected chi connectivity index (χ4v) is 2.79. The van der Waals surface area contributed by atoms with Crippen molar-refractivity contribution in [1.82, 2.24) is 10.4 Å². The molecule has 4 nitrogen and oxygen atoms in total. The molecule has 2 atom stereocenters. The number of aromatic nitrogens is 1. The van der Waals surface area contributed by atoms with Crippen molar-refractivity contribution in [2.45, 2.75) is 31.4 Å². The molecule has 2 unspecified atom stereocenters. The van der Waals surface area contributed by atoms with Crippen LogP contribution in [0.4, 0.5) is 0 Å². The van der Waals surface area contributed by atoms with Gasteiger partial charge >= 0.3 is 0 Å². The zero-order chi connectivity index (χ0) is 13.1. The number of nitrogens with two attached hydrogens (primary N) is 1. The molecule has 2 aromatic rings. The lowest BCUT2D eigenvalue weighted by atomic mass is 9.97. The fraction of sp³-hybridized carbons (Fsp3) is 0.400. The largest absolute Gasteiger partial charge is 0.378 e. The minimum absolute atomic E-state index is 0.0849. The summed E-state index contributed by atoms with van der Waals surface area (Å²) in [7, 11) is 0. The summed E-state index contributed by atoms with van der Waals surface area (Å²) in [5, 5.41) is 1.15. The maximum Gasteiger partial charge on any atom is 0.0750 e. The first-order chi connectivity index (χ1) is 9.38. The third-order valence-electron chi connectivity index (χ3n) is 3.76. The summed E-state index contributed by atoms with van der Waals surface area (Å²) >= 11 is 0. The average Bonchev–Trinajstić information content (AvgIpc) is 2.97. The van der Waals surface area contributed by atoms with E-state index in [0.717, 1.165) is 42.3 Å². The molecule has 1 aliphatic heterocycles. The van der Waals surface area contributed by atoms with Gasteiger partial charge in [-0.2, -0.15) is 0 Å². The van der Waals surface area contributed by atoms with Gasteiger partial charge < -0.3 is 4.74 Å². The van der Waals surface area contributed by atoms with Crippen molar-refractivity contribution in [3.63, 3.8) is 0 Å². The van der Waals surface area contributed by atoms with Crippen molar-refractivity contribution >= 4 is 10.9 Å². The van der Waals surface area contributed by atoms with E-state index in [4.69, 9.17) is 10.6 Å². The molecule has 2 heterocycles. The van der Waals surface area contributed by atoms with Crippen LogP contribution in [0.25, 0.3) is 10.9 Å². The van der Waals surface area contributed by atoms with E-state index in [1.54, 1.807) is 0 Å². The number of pyridine rings is 1. The van der Waals surface area contributed by atoms with Gasteiger partial charge in [-0.3, -0.25) is 16.3 Å². The number of ether oxygens (including phenoxy) is 1. The molecule has 1 aromatic heterocycles. The first-order valence-corrected chi connectivity index (χ1v) is 6.80. The molecule has 1 saturated heterocycles. The summed E-state index contributed by atoms with van der Waals surface area (Å²) in [5.41, 5.74) is 5.09. The van der Waals surface area contributed by atoms with Crippen molar-refractivity contribution in [2.24, 2.45) is 5.84 Å². The number of benzene rings is 1. The van der Waals surface area contributed by atoms with Crippen LogP contribution in [0, 0.1) is 0 Å². The molecule has 0 spiro atoms. The first kappa shape index (κ1) is 12.5.